The molecule has 0 aromatic rings. The molecule has 0 heterocycles. The van der Waals surface area contributed by atoms with E-state index in [1.54, 1.807) is 6.08 Å². The van der Waals surface area contributed by atoms with Gasteiger partial charge < -0.3 is 14.3 Å². The minimum atomic E-state index is -1.85. The summed E-state index contributed by atoms with van der Waals surface area (Å²) in [6.45, 7) is 14.4. The highest BCUT2D eigenvalue weighted by atomic mass is 28.4. The molecule has 0 unspecified atom stereocenters. The number of hydrogen-bond acceptors (Lipinski definition) is 4. The van der Waals surface area contributed by atoms with Gasteiger partial charge in [-0.15, -0.1) is 0 Å². The van der Waals surface area contributed by atoms with Crippen molar-refractivity contribution in [1.29, 1.82) is 0 Å². The molecule has 0 bridgehead atoms. The molecular formula is C21H38O4Si. The number of aliphatic hydroxyl groups excluding tert-OH is 1. The second kappa shape index (κ2) is 7.40. The second-order valence-electron chi connectivity index (χ2n) is 10.1. The predicted octanol–water partition coefficient (Wildman–Crippen LogP) is 4.83. The van der Waals surface area contributed by atoms with Crippen LogP contribution < -0.4 is 0 Å². The number of allylic oxidation sites excluding steroid dienone is 1. The Morgan fingerprint density at radius 2 is 2.00 bits per heavy atom. The van der Waals surface area contributed by atoms with Crippen LogP contribution in [0.5, 0.6) is 0 Å². The zero-order valence-electron chi connectivity index (χ0n) is 17.8. The van der Waals surface area contributed by atoms with E-state index >= 15 is 0 Å². The number of methoxy groups -OCH3 is 1. The van der Waals surface area contributed by atoms with E-state index in [2.05, 4.69) is 40.8 Å². The van der Waals surface area contributed by atoms with E-state index in [-0.39, 0.29) is 27.9 Å². The van der Waals surface area contributed by atoms with Gasteiger partial charge >= 0.3 is 5.97 Å². The van der Waals surface area contributed by atoms with Gasteiger partial charge in [-0.05, 0) is 62.1 Å². The van der Waals surface area contributed by atoms with Crippen molar-refractivity contribution in [3.05, 3.63) is 11.6 Å². The molecule has 0 aliphatic heterocycles. The van der Waals surface area contributed by atoms with Crippen LogP contribution in [0.2, 0.25) is 18.1 Å². The SMILES string of the molecule is COC(=O)/C=C1\CCC[C@]2(CO[Si](C)(C)C(C)(C)C)CC[C@H](O)C[C@]12C. The fourth-order valence-electron chi connectivity index (χ4n) is 4.55. The molecule has 0 amide bonds. The van der Waals surface area contributed by atoms with E-state index in [1.807, 2.05) is 0 Å². The number of carbonyl (C=O) groups excluding carboxylic acids is 1. The molecule has 2 rings (SSSR count). The lowest BCUT2D eigenvalue weighted by atomic mass is 9.49. The van der Waals surface area contributed by atoms with Gasteiger partial charge in [0.05, 0.1) is 13.2 Å². The number of ether oxygens (including phenoxy) is 1. The molecule has 2 aliphatic rings. The summed E-state index contributed by atoms with van der Waals surface area (Å²) in [6.07, 6.45) is 6.92. The summed E-state index contributed by atoms with van der Waals surface area (Å²) in [7, 11) is -0.430. The van der Waals surface area contributed by atoms with Crippen LogP contribution in [-0.2, 0) is 14.0 Å². The highest BCUT2D eigenvalue weighted by Gasteiger charge is 2.56. The summed E-state index contributed by atoms with van der Waals surface area (Å²) < 4.78 is 11.6. The van der Waals surface area contributed by atoms with Crippen molar-refractivity contribution in [3.8, 4) is 0 Å². The van der Waals surface area contributed by atoms with Gasteiger partial charge in [-0.25, -0.2) is 4.79 Å². The summed E-state index contributed by atoms with van der Waals surface area (Å²) in [5, 5.41) is 10.6. The molecule has 4 nitrogen and oxygen atoms in total. The molecule has 0 radical (unpaired) electrons. The fraction of sp³-hybridized carbons (Fsp3) is 0.857. The molecular weight excluding hydrogens is 344 g/mol. The van der Waals surface area contributed by atoms with Crippen molar-refractivity contribution in [2.75, 3.05) is 13.7 Å². The first-order valence-electron chi connectivity index (χ1n) is 9.98. The van der Waals surface area contributed by atoms with Crippen LogP contribution in [0.1, 0.15) is 66.2 Å². The van der Waals surface area contributed by atoms with Gasteiger partial charge in [0, 0.05) is 18.1 Å². The van der Waals surface area contributed by atoms with Gasteiger partial charge in [-0.3, -0.25) is 0 Å². The van der Waals surface area contributed by atoms with Gasteiger partial charge in [0.25, 0.3) is 0 Å². The third kappa shape index (κ3) is 3.95. The van der Waals surface area contributed by atoms with E-state index in [4.69, 9.17) is 9.16 Å². The summed E-state index contributed by atoms with van der Waals surface area (Å²) in [5.74, 6) is -0.289. The highest BCUT2D eigenvalue weighted by Crippen LogP contribution is 2.61. The smallest absolute Gasteiger partial charge is 0.330 e. The Hall–Kier alpha value is -0.653. The van der Waals surface area contributed by atoms with Crippen molar-refractivity contribution < 1.29 is 19.1 Å². The van der Waals surface area contributed by atoms with E-state index in [1.165, 1.54) is 7.11 Å². The summed E-state index contributed by atoms with van der Waals surface area (Å²) in [5.41, 5.74) is 0.924. The molecule has 1 N–H and O–H groups in total. The summed E-state index contributed by atoms with van der Waals surface area (Å²) in [4.78, 5) is 11.9. The molecule has 2 saturated carbocycles. The van der Waals surface area contributed by atoms with Crippen molar-refractivity contribution >= 4 is 14.3 Å². The number of rotatable bonds is 4. The Morgan fingerprint density at radius 1 is 1.35 bits per heavy atom. The van der Waals surface area contributed by atoms with E-state index in [9.17, 15) is 9.90 Å². The van der Waals surface area contributed by atoms with Gasteiger partial charge in [0.1, 0.15) is 0 Å². The third-order valence-electron chi connectivity index (χ3n) is 7.59. The molecule has 2 fully saturated rings. The minimum absolute atomic E-state index is 0.000144. The van der Waals surface area contributed by atoms with Gasteiger partial charge in [-0.2, -0.15) is 0 Å². The van der Waals surface area contributed by atoms with Crippen LogP contribution in [0.4, 0.5) is 0 Å². The summed E-state index contributed by atoms with van der Waals surface area (Å²) in [6, 6.07) is 0. The molecule has 2 aliphatic carbocycles. The van der Waals surface area contributed by atoms with E-state index < -0.39 is 8.32 Å². The molecule has 0 spiro atoms. The average Bonchev–Trinajstić information content (AvgIpc) is 2.53. The molecule has 0 saturated heterocycles. The van der Waals surface area contributed by atoms with Crippen molar-refractivity contribution in [2.45, 2.75) is 90.5 Å². The second-order valence-corrected chi connectivity index (χ2v) is 14.9. The average molecular weight is 383 g/mol. The minimum Gasteiger partial charge on any atom is -0.466 e. The number of aliphatic hydroxyl groups is 1. The van der Waals surface area contributed by atoms with Crippen LogP contribution in [0.25, 0.3) is 0 Å². The maximum absolute atomic E-state index is 11.9. The van der Waals surface area contributed by atoms with Gasteiger partial charge in [0.2, 0.25) is 0 Å². The Kier molecular flexibility index (Phi) is 6.16. The van der Waals surface area contributed by atoms with Gasteiger partial charge in [-0.1, -0.05) is 33.3 Å². The maximum Gasteiger partial charge on any atom is 0.330 e. The number of fused-ring (bicyclic) bond motifs is 1. The molecule has 150 valence electrons. The predicted molar refractivity (Wildman–Crippen MR) is 107 cm³/mol. The standard InChI is InChI=1S/C21H38O4Si/c1-19(2,3)26(6,7)25-15-21-11-8-9-16(13-18(23)24-5)20(21,4)14-17(22)10-12-21/h13,17,22H,8-12,14-15H2,1-7H3/b16-13+/t17-,20+,21+/m0/s1. The lowest BCUT2D eigenvalue weighted by Gasteiger charge is -2.58. The first-order chi connectivity index (χ1) is 11.9. The molecule has 26 heavy (non-hydrogen) atoms. The zero-order valence-corrected chi connectivity index (χ0v) is 18.8. The Bertz CT molecular complexity index is 563. The van der Waals surface area contributed by atoms with Crippen molar-refractivity contribution in [1.82, 2.24) is 0 Å². The Labute approximate surface area is 160 Å². The quantitative estimate of drug-likeness (QED) is 0.430. The Morgan fingerprint density at radius 3 is 2.58 bits per heavy atom. The van der Waals surface area contributed by atoms with Gasteiger partial charge in [0.15, 0.2) is 8.32 Å². The lowest BCUT2D eigenvalue weighted by molar-refractivity contribution is -0.135. The molecule has 5 heteroatoms. The maximum atomic E-state index is 11.9. The normalized spacial score (nSPS) is 34.5. The van der Waals surface area contributed by atoms with Crippen molar-refractivity contribution in [3.63, 3.8) is 0 Å². The highest BCUT2D eigenvalue weighted by molar-refractivity contribution is 6.74. The van der Waals surface area contributed by atoms with Crippen LogP contribution >= 0.6 is 0 Å². The third-order valence-corrected chi connectivity index (χ3v) is 12.1. The molecule has 0 aromatic heterocycles. The monoisotopic (exact) mass is 382 g/mol. The van der Waals surface area contributed by atoms with E-state index in [0.717, 1.165) is 44.3 Å². The topological polar surface area (TPSA) is 55.8 Å². The van der Waals surface area contributed by atoms with Crippen molar-refractivity contribution in [2.24, 2.45) is 10.8 Å². The van der Waals surface area contributed by atoms with Crippen LogP contribution in [0.15, 0.2) is 11.6 Å². The first-order valence-corrected chi connectivity index (χ1v) is 12.9. The summed E-state index contributed by atoms with van der Waals surface area (Å²) >= 11 is 0. The van der Waals surface area contributed by atoms with E-state index in [0.29, 0.717) is 6.42 Å². The first kappa shape index (κ1) is 21.6. The number of hydrogen-bond donors (Lipinski definition) is 1. The number of esters is 1. The van der Waals surface area contributed by atoms with Crippen LogP contribution in [0, 0.1) is 10.8 Å². The Balaban J connectivity index is 2.36. The zero-order chi connectivity index (χ0) is 19.8. The van der Waals surface area contributed by atoms with Crippen LogP contribution in [-0.4, -0.2) is 39.2 Å². The van der Waals surface area contributed by atoms with Crippen LogP contribution in [0.3, 0.4) is 0 Å². The largest absolute Gasteiger partial charge is 0.466 e. The fourth-order valence-corrected chi connectivity index (χ4v) is 5.62. The number of carbonyl (C=O) groups is 1. The molecule has 3 atom stereocenters. The lowest BCUT2D eigenvalue weighted by Crippen LogP contribution is -2.54. The molecule has 0 aromatic carbocycles.